The van der Waals surface area contributed by atoms with Gasteiger partial charge in [-0.2, -0.15) is 0 Å². The number of rotatable bonds is 3. The van der Waals surface area contributed by atoms with Gasteiger partial charge in [0.1, 0.15) is 0 Å². The second kappa shape index (κ2) is 3.05. The molecule has 1 rings (SSSR count). The zero-order chi connectivity index (χ0) is 7.61. The van der Waals surface area contributed by atoms with Crippen LogP contribution in [0.25, 0.3) is 0 Å². The lowest BCUT2D eigenvalue weighted by atomic mass is 9.82. The van der Waals surface area contributed by atoms with E-state index in [0.29, 0.717) is 0 Å². The molecular weight excluding hydrogens is 156 g/mol. The van der Waals surface area contributed by atoms with Crippen LogP contribution in [0, 0.1) is 5.92 Å². The molecule has 0 spiro atoms. The van der Waals surface area contributed by atoms with Gasteiger partial charge in [0.2, 0.25) is 5.92 Å². The Bertz CT molecular complexity index is 110. The van der Waals surface area contributed by atoms with Crippen molar-refractivity contribution in [1.29, 1.82) is 0 Å². The van der Waals surface area contributed by atoms with Crippen molar-refractivity contribution >= 4 is 11.9 Å². The molecule has 0 aromatic carbocycles. The lowest BCUT2D eigenvalue weighted by molar-refractivity contribution is -0.107. The summed E-state index contributed by atoms with van der Waals surface area (Å²) >= 11 is 1.48. The predicted octanol–water partition coefficient (Wildman–Crippen LogP) is 1.90. The van der Waals surface area contributed by atoms with Crippen LogP contribution in [0.15, 0.2) is 0 Å². The normalized spacial score (nSPS) is 24.3. The number of alkyl halides is 2. The highest BCUT2D eigenvalue weighted by molar-refractivity contribution is 7.96. The topological polar surface area (TPSA) is 12.0 Å². The molecule has 0 unspecified atom stereocenters. The van der Waals surface area contributed by atoms with E-state index in [4.69, 9.17) is 0 Å². The van der Waals surface area contributed by atoms with Crippen LogP contribution in [0.4, 0.5) is 8.78 Å². The van der Waals surface area contributed by atoms with Crippen molar-refractivity contribution in [1.82, 2.24) is 4.72 Å². The molecule has 0 heterocycles. The van der Waals surface area contributed by atoms with Crippen molar-refractivity contribution in [3.05, 3.63) is 0 Å². The Balaban J connectivity index is 2.03. The molecular formula is C6H11F2NS. The summed E-state index contributed by atoms with van der Waals surface area (Å²) in [4.78, 5) is 0. The minimum atomic E-state index is -2.36. The van der Waals surface area contributed by atoms with Gasteiger partial charge < -0.3 is 0 Å². The fourth-order valence-corrected chi connectivity index (χ4v) is 1.53. The molecule has 0 atom stereocenters. The van der Waals surface area contributed by atoms with Gasteiger partial charge in [-0.15, -0.1) is 0 Å². The van der Waals surface area contributed by atoms with E-state index in [1.807, 2.05) is 6.26 Å². The van der Waals surface area contributed by atoms with Gasteiger partial charge in [-0.25, -0.2) is 8.78 Å². The van der Waals surface area contributed by atoms with E-state index in [1.165, 1.54) is 11.9 Å². The molecule has 1 saturated carbocycles. The number of hydrogen-bond donors (Lipinski definition) is 1. The molecule has 0 saturated heterocycles. The third-order valence-corrected chi connectivity index (χ3v) is 2.15. The summed E-state index contributed by atoms with van der Waals surface area (Å²) in [6.45, 7) is 0.719. The van der Waals surface area contributed by atoms with Crippen LogP contribution in [0.2, 0.25) is 0 Å². The minimum Gasteiger partial charge on any atom is -0.264 e. The van der Waals surface area contributed by atoms with Gasteiger partial charge in [0.25, 0.3) is 0 Å². The molecule has 0 bridgehead atoms. The molecule has 0 radical (unpaired) electrons. The average molecular weight is 167 g/mol. The van der Waals surface area contributed by atoms with Crippen LogP contribution < -0.4 is 4.72 Å². The van der Waals surface area contributed by atoms with Crippen molar-refractivity contribution in [2.45, 2.75) is 18.8 Å². The number of hydrogen-bond acceptors (Lipinski definition) is 2. The Morgan fingerprint density at radius 2 is 2.20 bits per heavy atom. The second-order valence-corrected chi connectivity index (χ2v) is 3.38. The Labute approximate surface area is 63.7 Å². The minimum absolute atomic E-state index is 0.0700. The smallest absolute Gasteiger partial charge is 0.248 e. The summed E-state index contributed by atoms with van der Waals surface area (Å²) in [5, 5.41) is 0. The summed E-state index contributed by atoms with van der Waals surface area (Å²) in [5.41, 5.74) is 0. The molecule has 0 amide bonds. The van der Waals surface area contributed by atoms with E-state index in [2.05, 4.69) is 4.72 Å². The summed E-state index contributed by atoms with van der Waals surface area (Å²) in [6, 6.07) is 0. The van der Waals surface area contributed by atoms with Crippen LogP contribution in [0.5, 0.6) is 0 Å². The van der Waals surface area contributed by atoms with E-state index >= 15 is 0 Å². The predicted molar refractivity (Wildman–Crippen MR) is 39.2 cm³/mol. The molecule has 1 fully saturated rings. The van der Waals surface area contributed by atoms with Gasteiger partial charge in [0.15, 0.2) is 0 Å². The molecule has 0 aromatic heterocycles. The zero-order valence-electron chi connectivity index (χ0n) is 5.86. The first-order valence-corrected chi connectivity index (χ1v) is 4.50. The highest BCUT2D eigenvalue weighted by Gasteiger charge is 2.44. The monoisotopic (exact) mass is 167 g/mol. The van der Waals surface area contributed by atoms with Crippen molar-refractivity contribution in [2.24, 2.45) is 5.92 Å². The fourth-order valence-electron chi connectivity index (χ4n) is 1.13. The molecule has 1 aliphatic carbocycles. The highest BCUT2D eigenvalue weighted by atomic mass is 32.2. The first kappa shape index (κ1) is 8.27. The molecule has 1 nitrogen and oxygen atoms in total. The van der Waals surface area contributed by atoms with Crippen molar-refractivity contribution in [3.63, 3.8) is 0 Å². The maximum atomic E-state index is 12.2. The second-order valence-electron chi connectivity index (χ2n) is 2.68. The third-order valence-electron chi connectivity index (χ3n) is 1.69. The summed E-state index contributed by atoms with van der Waals surface area (Å²) in [7, 11) is 0. The number of nitrogens with one attached hydrogen (secondary N) is 1. The zero-order valence-corrected chi connectivity index (χ0v) is 6.68. The van der Waals surface area contributed by atoms with Crippen molar-refractivity contribution in [2.75, 3.05) is 12.8 Å². The van der Waals surface area contributed by atoms with E-state index in [9.17, 15) is 8.78 Å². The largest absolute Gasteiger partial charge is 0.264 e. The van der Waals surface area contributed by atoms with E-state index < -0.39 is 5.92 Å². The van der Waals surface area contributed by atoms with Crippen molar-refractivity contribution in [3.8, 4) is 0 Å². The van der Waals surface area contributed by atoms with Crippen LogP contribution in [0.1, 0.15) is 12.8 Å². The van der Waals surface area contributed by atoms with Crippen LogP contribution in [-0.4, -0.2) is 18.7 Å². The lowest BCUT2D eigenvalue weighted by Gasteiger charge is -2.34. The van der Waals surface area contributed by atoms with Gasteiger partial charge in [-0.3, -0.25) is 4.72 Å². The van der Waals surface area contributed by atoms with Gasteiger partial charge >= 0.3 is 0 Å². The Morgan fingerprint density at radius 1 is 1.60 bits per heavy atom. The Morgan fingerprint density at radius 3 is 2.60 bits per heavy atom. The maximum Gasteiger partial charge on any atom is 0.248 e. The fraction of sp³-hybridized carbons (Fsp3) is 1.00. The lowest BCUT2D eigenvalue weighted by Crippen LogP contribution is -2.39. The van der Waals surface area contributed by atoms with E-state index in [1.54, 1.807) is 0 Å². The number of halogens is 2. The van der Waals surface area contributed by atoms with Crippen LogP contribution >= 0.6 is 11.9 Å². The maximum absolute atomic E-state index is 12.2. The molecule has 1 aliphatic rings. The quantitative estimate of drug-likeness (QED) is 0.644. The van der Waals surface area contributed by atoms with Crippen molar-refractivity contribution < 1.29 is 8.78 Å². The first-order chi connectivity index (χ1) is 4.64. The Kier molecular flexibility index (Phi) is 2.52. The molecule has 0 aromatic rings. The van der Waals surface area contributed by atoms with Crippen LogP contribution in [-0.2, 0) is 0 Å². The van der Waals surface area contributed by atoms with Gasteiger partial charge in [0.05, 0.1) is 0 Å². The molecule has 0 aliphatic heterocycles. The highest BCUT2D eigenvalue weighted by Crippen LogP contribution is 2.41. The Hall–Kier alpha value is 0.170. The SMILES string of the molecule is CSNCC1CC(F)(F)C1. The van der Waals surface area contributed by atoms with E-state index in [-0.39, 0.29) is 18.8 Å². The molecule has 1 N–H and O–H groups in total. The summed E-state index contributed by atoms with van der Waals surface area (Å²) in [5.74, 6) is -2.16. The van der Waals surface area contributed by atoms with Gasteiger partial charge in [-0.05, 0) is 12.2 Å². The molecule has 60 valence electrons. The molecule has 10 heavy (non-hydrogen) atoms. The molecule has 4 heteroatoms. The van der Waals surface area contributed by atoms with Crippen LogP contribution in [0.3, 0.4) is 0 Å². The van der Waals surface area contributed by atoms with Gasteiger partial charge in [0, 0.05) is 19.4 Å². The average Bonchev–Trinajstić information content (AvgIpc) is 1.78. The first-order valence-electron chi connectivity index (χ1n) is 3.28. The van der Waals surface area contributed by atoms with Gasteiger partial charge in [-0.1, -0.05) is 11.9 Å². The summed E-state index contributed by atoms with van der Waals surface area (Å²) in [6.07, 6.45) is 2.04. The standard InChI is InChI=1S/C6H11F2NS/c1-10-9-4-5-2-6(7,8)3-5/h5,9H,2-4H2,1H3. The summed E-state index contributed by atoms with van der Waals surface area (Å²) < 4.78 is 27.3. The third kappa shape index (κ3) is 2.09. The van der Waals surface area contributed by atoms with E-state index in [0.717, 1.165) is 6.54 Å².